The van der Waals surface area contributed by atoms with Gasteiger partial charge in [0.1, 0.15) is 15.4 Å². The van der Waals surface area contributed by atoms with Crippen LogP contribution in [0.1, 0.15) is 77.7 Å². The van der Waals surface area contributed by atoms with Gasteiger partial charge in [0.2, 0.25) is 0 Å². The maximum Gasteiger partial charge on any atom is 0.276 e. The van der Waals surface area contributed by atoms with E-state index in [9.17, 15) is 4.79 Å². The van der Waals surface area contributed by atoms with E-state index in [0.29, 0.717) is 28.3 Å². The van der Waals surface area contributed by atoms with Crippen molar-refractivity contribution < 1.29 is 0 Å². The number of nitrogens with zero attached hydrogens (tertiary/aromatic N) is 3. The predicted molar refractivity (Wildman–Crippen MR) is 190 cm³/mol. The summed E-state index contributed by atoms with van der Waals surface area (Å²) in [6.07, 6.45) is 12.4. The van der Waals surface area contributed by atoms with Crippen molar-refractivity contribution in [2.75, 3.05) is 0 Å². The summed E-state index contributed by atoms with van der Waals surface area (Å²) in [6.45, 7) is 11.7. The standard InChI is InChI=1S/C39H41N3OS2/c1-23(2)25-14-16-29-26(21-25)15-17-31-38(29,4)18-10-19-39(31,5)32-22-28(30-13-9-20-44-30)33-34-35(45-36(33)41-32)37(43)42(24(3)40-34)27-11-7-6-8-12-27/h6-9,11-13,15,20-23,29,31H,10,14,16-19H2,1-5H3/t29-,31+,38+,39+/m0/s1. The Kier molecular flexibility index (Phi) is 6.85. The second-order valence-corrected chi connectivity index (χ2v) is 16.3. The minimum absolute atomic E-state index is 0.0158. The third kappa shape index (κ3) is 4.39. The molecule has 0 unspecified atom stereocenters. The lowest BCUT2D eigenvalue weighted by atomic mass is 9.46. The van der Waals surface area contributed by atoms with Crippen LogP contribution in [0.25, 0.3) is 36.6 Å². The van der Waals surface area contributed by atoms with Gasteiger partial charge < -0.3 is 0 Å². The minimum atomic E-state index is -0.0545. The summed E-state index contributed by atoms with van der Waals surface area (Å²) < 4.78 is 2.42. The lowest BCUT2D eigenvalue weighted by Gasteiger charge is -2.58. The highest BCUT2D eigenvalue weighted by Gasteiger charge is 2.55. The molecule has 230 valence electrons. The van der Waals surface area contributed by atoms with Gasteiger partial charge in [0.15, 0.2) is 0 Å². The number of aryl methyl sites for hydroxylation is 1. The number of fused-ring (bicyclic) bond motifs is 6. The summed E-state index contributed by atoms with van der Waals surface area (Å²) >= 11 is 3.28. The van der Waals surface area contributed by atoms with Gasteiger partial charge in [-0.1, -0.05) is 76.1 Å². The Morgan fingerprint density at radius 1 is 1.04 bits per heavy atom. The molecule has 0 saturated heterocycles. The smallest absolute Gasteiger partial charge is 0.267 e. The topological polar surface area (TPSA) is 47.8 Å². The first-order valence-corrected chi connectivity index (χ1v) is 18.3. The number of para-hydroxylation sites is 1. The first-order chi connectivity index (χ1) is 21.7. The van der Waals surface area contributed by atoms with Gasteiger partial charge >= 0.3 is 0 Å². The molecule has 45 heavy (non-hydrogen) atoms. The van der Waals surface area contributed by atoms with E-state index in [0.717, 1.165) is 34.3 Å². The number of benzene rings is 1. The number of allylic oxidation sites excluding steroid dienone is 4. The Bertz CT molecular complexity index is 2070. The minimum Gasteiger partial charge on any atom is -0.267 e. The number of hydrogen-bond acceptors (Lipinski definition) is 5. The lowest BCUT2D eigenvalue weighted by molar-refractivity contribution is -0.0104. The van der Waals surface area contributed by atoms with Gasteiger partial charge in [-0.25, -0.2) is 9.97 Å². The Labute approximate surface area is 273 Å². The third-order valence-electron chi connectivity index (χ3n) is 11.6. The Hall–Kier alpha value is -3.35. The molecule has 0 N–H and O–H groups in total. The zero-order chi connectivity index (χ0) is 31.1. The average molecular weight is 632 g/mol. The molecule has 5 aromatic rings. The Morgan fingerprint density at radius 2 is 1.87 bits per heavy atom. The van der Waals surface area contributed by atoms with Crippen LogP contribution in [-0.4, -0.2) is 14.5 Å². The van der Waals surface area contributed by atoms with Crippen molar-refractivity contribution in [2.45, 2.75) is 78.6 Å². The summed E-state index contributed by atoms with van der Waals surface area (Å²) in [5.41, 5.74) is 7.37. The maximum atomic E-state index is 14.1. The molecule has 8 rings (SSSR count). The van der Waals surface area contributed by atoms with Crippen molar-refractivity contribution in [2.24, 2.45) is 23.2 Å². The molecule has 6 heteroatoms. The molecule has 0 bridgehead atoms. The van der Waals surface area contributed by atoms with Crippen LogP contribution in [0.4, 0.5) is 0 Å². The van der Waals surface area contributed by atoms with Crippen molar-refractivity contribution >= 4 is 43.1 Å². The highest BCUT2D eigenvalue weighted by Crippen LogP contribution is 2.62. The zero-order valence-electron chi connectivity index (χ0n) is 26.9. The van der Waals surface area contributed by atoms with E-state index < -0.39 is 0 Å². The molecule has 0 aliphatic heterocycles. The van der Waals surface area contributed by atoms with Gasteiger partial charge in [-0.15, -0.1) is 22.7 Å². The molecule has 1 fully saturated rings. The van der Waals surface area contributed by atoms with Crippen molar-refractivity contribution in [3.05, 3.63) is 99.1 Å². The van der Waals surface area contributed by atoms with E-state index in [1.54, 1.807) is 27.1 Å². The summed E-state index contributed by atoms with van der Waals surface area (Å²) in [4.78, 5) is 26.8. The normalized spacial score (nSPS) is 26.5. The number of aromatic nitrogens is 3. The van der Waals surface area contributed by atoms with E-state index in [1.165, 1.54) is 53.2 Å². The van der Waals surface area contributed by atoms with Crippen molar-refractivity contribution in [1.29, 1.82) is 0 Å². The van der Waals surface area contributed by atoms with E-state index in [1.807, 2.05) is 37.3 Å². The molecule has 4 aromatic heterocycles. The lowest BCUT2D eigenvalue weighted by Crippen LogP contribution is -2.52. The van der Waals surface area contributed by atoms with Crippen LogP contribution in [-0.2, 0) is 5.41 Å². The van der Waals surface area contributed by atoms with Gasteiger partial charge in [-0.3, -0.25) is 9.36 Å². The van der Waals surface area contributed by atoms with Gasteiger partial charge in [0.05, 0.1) is 11.2 Å². The molecule has 1 saturated carbocycles. The average Bonchev–Trinajstić information content (AvgIpc) is 3.70. The molecular weight excluding hydrogens is 591 g/mol. The number of thiophene rings is 2. The quantitative estimate of drug-likeness (QED) is 0.198. The fourth-order valence-corrected chi connectivity index (χ4v) is 11.1. The largest absolute Gasteiger partial charge is 0.276 e. The number of rotatable bonds is 4. The van der Waals surface area contributed by atoms with Crippen molar-refractivity contribution in [3.8, 4) is 16.1 Å². The molecule has 0 radical (unpaired) electrons. The van der Waals surface area contributed by atoms with Gasteiger partial charge in [0, 0.05) is 26.9 Å². The first-order valence-electron chi connectivity index (χ1n) is 16.6. The SMILES string of the molecule is Cc1nc2c(sc3nc([C@]4(C)CCC[C@@]5(C)[C@H]4CC=C4C=C(C(C)C)CC[C@@H]45)cc(-c4cccs4)c32)c(=O)n1-c1ccccc1. The van der Waals surface area contributed by atoms with E-state index in [-0.39, 0.29) is 16.4 Å². The first kappa shape index (κ1) is 29.1. The molecule has 0 amide bonds. The predicted octanol–water partition coefficient (Wildman–Crippen LogP) is 10.4. The Morgan fingerprint density at radius 3 is 2.62 bits per heavy atom. The van der Waals surface area contributed by atoms with Crippen LogP contribution in [0, 0.1) is 30.1 Å². The van der Waals surface area contributed by atoms with Crippen LogP contribution in [0.2, 0.25) is 0 Å². The second-order valence-electron chi connectivity index (χ2n) is 14.4. The van der Waals surface area contributed by atoms with Crippen LogP contribution < -0.4 is 5.56 Å². The number of pyridine rings is 1. The van der Waals surface area contributed by atoms with Gasteiger partial charge in [-0.05, 0) is 97.4 Å². The molecule has 4 atom stereocenters. The van der Waals surface area contributed by atoms with Crippen LogP contribution in [0.5, 0.6) is 0 Å². The van der Waals surface area contributed by atoms with Gasteiger partial charge in [0.25, 0.3) is 5.56 Å². The maximum absolute atomic E-state index is 14.1. The van der Waals surface area contributed by atoms with Crippen LogP contribution in [0.15, 0.2) is 82.0 Å². The van der Waals surface area contributed by atoms with Crippen LogP contribution in [0.3, 0.4) is 0 Å². The fourth-order valence-electron chi connectivity index (χ4n) is 9.25. The molecule has 3 aliphatic carbocycles. The molecule has 4 nitrogen and oxygen atoms in total. The van der Waals surface area contributed by atoms with Crippen molar-refractivity contribution in [1.82, 2.24) is 14.5 Å². The molecule has 0 spiro atoms. The van der Waals surface area contributed by atoms with E-state index >= 15 is 0 Å². The Balaban J connectivity index is 1.32. The van der Waals surface area contributed by atoms with E-state index in [2.05, 4.69) is 63.4 Å². The van der Waals surface area contributed by atoms with E-state index in [4.69, 9.17) is 9.97 Å². The van der Waals surface area contributed by atoms with Crippen LogP contribution >= 0.6 is 22.7 Å². The van der Waals surface area contributed by atoms with Gasteiger partial charge in [-0.2, -0.15) is 0 Å². The molecule has 1 aromatic carbocycles. The second kappa shape index (κ2) is 10.6. The summed E-state index contributed by atoms with van der Waals surface area (Å²) in [7, 11) is 0. The summed E-state index contributed by atoms with van der Waals surface area (Å²) in [6, 6.07) is 16.6. The molecule has 3 aliphatic rings. The zero-order valence-corrected chi connectivity index (χ0v) is 28.5. The highest BCUT2D eigenvalue weighted by atomic mass is 32.1. The van der Waals surface area contributed by atoms with Crippen molar-refractivity contribution in [3.63, 3.8) is 0 Å². The fraction of sp³-hybridized carbons (Fsp3) is 0.410. The molecule has 4 heterocycles. The monoisotopic (exact) mass is 631 g/mol. The molecular formula is C39H41N3OS2. The number of hydrogen-bond donors (Lipinski definition) is 0. The summed E-state index contributed by atoms with van der Waals surface area (Å²) in [5.74, 6) is 2.46. The highest BCUT2D eigenvalue weighted by molar-refractivity contribution is 7.25. The third-order valence-corrected chi connectivity index (χ3v) is 13.6. The summed E-state index contributed by atoms with van der Waals surface area (Å²) in [5, 5.41) is 3.17.